The Hall–Kier alpha value is -3.02. The van der Waals surface area contributed by atoms with Crippen molar-refractivity contribution in [1.29, 1.82) is 0 Å². The van der Waals surface area contributed by atoms with Gasteiger partial charge in [-0.25, -0.2) is 4.98 Å². The smallest absolute Gasteiger partial charge is 0.225 e. The van der Waals surface area contributed by atoms with Gasteiger partial charge in [0, 0.05) is 11.5 Å². The van der Waals surface area contributed by atoms with Crippen LogP contribution in [0.15, 0.2) is 48.5 Å². The van der Waals surface area contributed by atoms with Crippen LogP contribution in [0.4, 0.5) is 0 Å². The molecule has 3 aromatic rings. The molecular formula is C23H29N3O3. The number of imidazole rings is 1. The van der Waals surface area contributed by atoms with Gasteiger partial charge in [-0.2, -0.15) is 0 Å². The molecule has 0 aliphatic rings. The lowest BCUT2D eigenvalue weighted by molar-refractivity contribution is -0.129. The van der Waals surface area contributed by atoms with E-state index in [9.17, 15) is 4.79 Å². The highest BCUT2D eigenvalue weighted by Gasteiger charge is 2.25. The molecule has 1 atom stereocenters. The van der Waals surface area contributed by atoms with Crippen molar-refractivity contribution in [1.82, 2.24) is 14.9 Å². The summed E-state index contributed by atoms with van der Waals surface area (Å²) in [5.41, 5.74) is 1.47. The maximum Gasteiger partial charge on any atom is 0.225 e. The minimum Gasteiger partial charge on any atom is -0.497 e. The van der Waals surface area contributed by atoms with Crippen LogP contribution in [0.5, 0.6) is 11.5 Å². The van der Waals surface area contributed by atoms with Crippen molar-refractivity contribution in [3.8, 4) is 11.5 Å². The van der Waals surface area contributed by atoms with E-state index in [0.29, 0.717) is 13.2 Å². The predicted molar refractivity (Wildman–Crippen MR) is 114 cm³/mol. The quantitative estimate of drug-likeness (QED) is 0.646. The summed E-state index contributed by atoms with van der Waals surface area (Å²) in [5.74, 6) is 2.33. The fraction of sp³-hybridized carbons (Fsp3) is 0.391. The number of amides is 1. The summed E-state index contributed by atoms with van der Waals surface area (Å²) in [7, 11) is 1.64. The zero-order chi connectivity index (χ0) is 21.0. The van der Waals surface area contributed by atoms with Crippen molar-refractivity contribution in [2.75, 3.05) is 13.7 Å². The summed E-state index contributed by atoms with van der Waals surface area (Å²) >= 11 is 0. The molecule has 6 heteroatoms. The molecule has 0 saturated carbocycles. The van der Waals surface area contributed by atoms with Gasteiger partial charge in [0.05, 0.1) is 30.7 Å². The standard InChI is InChI=1S/C23H29N3O3/c1-16(24-22(27)23(2,3)4)21-25-19-11-6-7-12-20(19)26(21)13-14-29-18-10-8-9-17(15-18)28-5/h6-12,15-16H,13-14H2,1-5H3,(H,24,27). The first-order valence-electron chi connectivity index (χ1n) is 9.82. The first kappa shape index (κ1) is 20.7. The van der Waals surface area contributed by atoms with Crippen LogP contribution >= 0.6 is 0 Å². The molecule has 2 aromatic carbocycles. The minimum atomic E-state index is -0.458. The first-order chi connectivity index (χ1) is 13.8. The third kappa shape index (κ3) is 4.88. The normalized spacial score (nSPS) is 12.6. The number of carbonyl (C=O) groups is 1. The molecule has 154 valence electrons. The Morgan fingerprint density at radius 1 is 1.14 bits per heavy atom. The van der Waals surface area contributed by atoms with Crippen LogP contribution in [0.3, 0.4) is 0 Å². The maximum absolute atomic E-state index is 12.4. The van der Waals surface area contributed by atoms with E-state index in [1.165, 1.54) is 0 Å². The van der Waals surface area contributed by atoms with Crippen LogP contribution in [0, 0.1) is 5.41 Å². The number of para-hydroxylation sites is 2. The van der Waals surface area contributed by atoms with Gasteiger partial charge in [0.25, 0.3) is 0 Å². The molecule has 29 heavy (non-hydrogen) atoms. The fourth-order valence-electron chi connectivity index (χ4n) is 3.08. The number of hydrogen-bond donors (Lipinski definition) is 1. The average molecular weight is 396 g/mol. The molecule has 0 bridgehead atoms. The van der Waals surface area contributed by atoms with E-state index < -0.39 is 5.41 Å². The van der Waals surface area contributed by atoms with Crippen LogP contribution in [0.2, 0.25) is 0 Å². The molecule has 0 radical (unpaired) electrons. The molecule has 0 saturated heterocycles. The van der Waals surface area contributed by atoms with Gasteiger partial charge < -0.3 is 19.4 Å². The number of hydrogen-bond acceptors (Lipinski definition) is 4. The summed E-state index contributed by atoms with van der Waals surface area (Å²) in [4.78, 5) is 17.2. The van der Waals surface area contributed by atoms with Gasteiger partial charge in [-0.1, -0.05) is 39.0 Å². The van der Waals surface area contributed by atoms with Gasteiger partial charge in [0.15, 0.2) is 0 Å². The number of aromatic nitrogens is 2. The summed E-state index contributed by atoms with van der Waals surface area (Å²) < 4.78 is 13.3. The van der Waals surface area contributed by atoms with Gasteiger partial charge >= 0.3 is 0 Å². The average Bonchev–Trinajstić information content (AvgIpc) is 3.06. The molecule has 1 unspecified atom stereocenters. The number of benzene rings is 2. The highest BCUT2D eigenvalue weighted by molar-refractivity contribution is 5.82. The fourth-order valence-corrected chi connectivity index (χ4v) is 3.08. The van der Waals surface area contributed by atoms with Crippen molar-refractivity contribution < 1.29 is 14.3 Å². The molecule has 0 aliphatic heterocycles. The summed E-state index contributed by atoms with van der Waals surface area (Å²) in [6.07, 6.45) is 0. The number of carbonyl (C=O) groups excluding carboxylic acids is 1. The Morgan fingerprint density at radius 3 is 2.59 bits per heavy atom. The summed E-state index contributed by atoms with van der Waals surface area (Å²) in [5, 5.41) is 3.08. The summed E-state index contributed by atoms with van der Waals surface area (Å²) in [6, 6.07) is 15.3. The van der Waals surface area contributed by atoms with Crippen LogP contribution in [0.1, 0.15) is 39.6 Å². The zero-order valence-corrected chi connectivity index (χ0v) is 17.7. The monoisotopic (exact) mass is 395 g/mol. The van der Waals surface area contributed by atoms with E-state index in [1.807, 2.05) is 76.2 Å². The molecule has 0 aliphatic carbocycles. The van der Waals surface area contributed by atoms with E-state index >= 15 is 0 Å². The number of ether oxygens (including phenoxy) is 2. The second-order valence-corrected chi connectivity index (χ2v) is 8.08. The van der Waals surface area contributed by atoms with Gasteiger partial charge in [0.1, 0.15) is 23.9 Å². The second kappa shape index (κ2) is 8.55. The van der Waals surface area contributed by atoms with Crippen LogP contribution in [0.25, 0.3) is 11.0 Å². The number of methoxy groups -OCH3 is 1. The van der Waals surface area contributed by atoms with Crippen molar-refractivity contribution in [2.45, 2.75) is 40.3 Å². The lowest BCUT2D eigenvalue weighted by atomic mass is 9.95. The van der Waals surface area contributed by atoms with Crippen molar-refractivity contribution in [2.24, 2.45) is 5.41 Å². The first-order valence-corrected chi connectivity index (χ1v) is 9.82. The number of nitrogens with zero attached hydrogens (tertiary/aromatic N) is 2. The minimum absolute atomic E-state index is 0.00348. The Kier molecular flexibility index (Phi) is 6.11. The molecule has 1 aromatic heterocycles. The second-order valence-electron chi connectivity index (χ2n) is 8.08. The molecule has 0 fully saturated rings. The lowest BCUT2D eigenvalue weighted by Crippen LogP contribution is -2.37. The zero-order valence-electron chi connectivity index (χ0n) is 17.7. The van der Waals surface area contributed by atoms with E-state index in [-0.39, 0.29) is 11.9 Å². The number of rotatable bonds is 7. The SMILES string of the molecule is COc1cccc(OCCn2c(C(C)NC(=O)C(C)(C)C)nc3ccccc32)c1. The van der Waals surface area contributed by atoms with Crippen molar-refractivity contribution >= 4 is 16.9 Å². The third-order valence-electron chi connectivity index (χ3n) is 4.72. The highest BCUT2D eigenvalue weighted by atomic mass is 16.5. The molecule has 0 spiro atoms. The molecule has 1 amide bonds. The number of nitrogens with one attached hydrogen (secondary N) is 1. The van der Waals surface area contributed by atoms with Gasteiger partial charge in [-0.15, -0.1) is 0 Å². The van der Waals surface area contributed by atoms with E-state index in [0.717, 1.165) is 28.4 Å². The Balaban J connectivity index is 1.80. The van der Waals surface area contributed by atoms with Crippen molar-refractivity contribution in [3.63, 3.8) is 0 Å². The largest absolute Gasteiger partial charge is 0.497 e. The Labute approximate surface area is 171 Å². The maximum atomic E-state index is 12.4. The molecule has 6 nitrogen and oxygen atoms in total. The van der Waals surface area contributed by atoms with E-state index in [4.69, 9.17) is 14.5 Å². The number of fused-ring (bicyclic) bond motifs is 1. The highest BCUT2D eigenvalue weighted by Crippen LogP contribution is 2.23. The van der Waals surface area contributed by atoms with Crippen LogP contribution in [-0.4, -0.2) is 29.2 Å². The third-order valence-corrected chi connectivity index (χ3v) is 4.72. The van der Waals surface area contributed by atoms with Gasteiger partial charge in [-0.05, 0) is 31.2 Å². The van der Waals surface area contributed by atoms with Gasteiger partial charge in [-0.3, -0.25) is 4.79 Å². The molecule has 1 N–H and O–H groups in total. The predicted octanol–water partition coefficient (Wildman–Crippen LogP) is 4.35. The Morgan fingerprint density at radius 2 is 1.86 bits per heavy atom. The van der Waals surface area contributed by atoms with Crippen LogP contribution < -0.4 is 14.8 Å². The molecule has 1 heterocycles. The van der Waals surface area contributed by atoms with E-state index in [1.54, 1.807) is 7.11 Å². The van der Waals surface area contributed by atoms with E-state index in [2.05, 4.69) is 9.88 Å². The van der Waals surface area contributed by atoms with Crippen LogP contribution in [-0.2, 0) is 11.3 Å². The topological polar surface area (TPSA) is 65.4 Å². The molecule has 3 rings (SSSR count). The Bertz CT molecular complexity index is 988. The van der Waals surface area contributed by atoms with Gasteiger partial charge in [0.2, 0.25) is 5.91 Å². The summed E-state index contributed by atoms with van der Waals surface area (Å²) in [6.45, 7) is 8.76. The van der Waals surface area contributed by atoms with Crippen molar-refractivity contribution in [3.05, 3.63) is 54.4 Å². The lowest BCUT2D eigenvalue weighted by Gasteiger charge is -2.22. The molecular weight excluding hydrogens is 366 g/mol.